The number of ether oxygens (including phenoxy) is 3. The highest BCUT2D eigenvalue weighted by Crippen LogP contribution is 2.38. The molecule has 1 N–H and O–H groups in total. The van der Waals surface area contributed by atoms with E-state index in [2.05, 4.69) is 4.99 Å². The number of methoxy groups -OCH3 is 1. The summed E-state index contributed by atoms with van der Waals surface area (Å²) in [6, 6.07) is 15.6. The number of phenols is 1. The lowest BCUT2D eigenvalue weighted by Crippen LogP contribution is -2.40. The van der Waals surface area contributed by atoms with Gasteiger partial charge in [-0.3, -0.25) is 9.36 Å². The van der Waals surface area contributed by atoms with Crippen LogP contribution in [-0.4, -0.2) is 36.0 Å². The second kappa shape index (κ2) is 10.8. The van der Waals surface area contributed by atoms with E-state index in [9.17, 15) is 14.7 Å². The summed E-state index contributed by atoms with van der Waals surface area (Å²) in [6.45, 7) is 5.92. The van der Waals surface area contributed by atoms with E-state index in [1.54, 1.807) is 43.7 Å². The summed E-state index contributed by atoms with van der Waals surface area (Å²) in [5.41, 5.74) is 1.97. The van der Waals surface area contributed by atoms with Gasteiger partial charge >= 0.3 is 5.97 Å². The standard InChI is InChI=1S/C30H28N2O6S/c1-5-37-24-15-18(11-13-22(24)33)16-25-28(34)32-27(26(29(35)38-6-2)17(3)31-30(32)39-25)21-12-14-23(36-4)20-10-8-7-9-19(20)21/h7-16,27,33H,5-6H2,1-4H3/b25-16+/t27-/m1/s1. The number of allylic oxidation sites excluding steroid dienone is 1. The highest BCUT2D eigenvalue weighted by Gasteiger charge is 2.34. The second-order valence-electron chi connectivity index (χ2n) is 8.87. The highest BCUT2D eigenvalue weighted by atomic mass is 32.1. The van der Waals surface area contributed by atoms with Crippen LogP contribution in [0.15, 0.2) is 75.7 Å². The molecule has 0 radical (unpaired) electrons. The van der Waals surface area contributed by atoms with Gasteiger partial charge in [-0.1, -0.05) is 47.7 Å². The van der Waals surface area contributed by atoms with Crippen molar-refractivity contribution in [3.63, 3.8) is 0 Å². The predicted octanol–water partition coefficient (Wildman–Crippen LogP) is 4.06. The molecule has 0 spiro atoms. The molecule has 0 unspecified atom stereocenters. The van der Waals surface area contributed by atoms with E-state index in [1.807, 2.05) is 43.3 Å². The van der Waals surface area contributed by atoms with Crippen molar-refractivity contribution in [3.05, 3.63) is 96.7 Å². The number of hydrogen-bond acceptors (Lipinski definition) is 8. The largest absolute Gasteiger partial charge is 0.504 e. The molecule has 1 aliphatic heterocycles. The summed E-state index contributed by atoms with van der Waals surface area (Å²) in [7, 11) is 1.61. The van der Waals surface area contributed by atoms with Crippen LogP contribution in [0.2, 0.25) is 0 Å². The summed E-state index contributed by atoms with van der Waals surface area (Å²) in [5, 5.41) is 11.8. The first-order valence-electron chi connectivity index (χ1n) is 12.6. The third-order valence-electron chi connectivity index (χ3n) is 6.53. The zero-order valence-electron chi connectivity index (χ0n) is 22.1. The molecule has 0 saturated heterocycles. The molecule has 0 fully saturated rings. The van der Waals surface area contributed by atoms with Crippen molar-refractivity contribution >= 4 is 34.2 Å². The molecule has 39 heavy (non-hydrogen) atoms. The van der Waals surface area contributed by atoms with Crippen LogP contribution in [0.1, 0.15) is 37.9 Å². The van der Waals surface area contributed by atoms with Crippen molar-refractivity contribution in [2.24, 2.45) is 4.99 Å². The summed E-state index contributed by atoms with van der Waals surface area (Å²) in [6.07, 6.45) is 1.73. The molecule has 8 nitrogen and oxygen atoms in total. The van der Waals surface area contributed by atoms with Crippen LogP contribution in [0, 0.1) is 0 Å². The molecular formula is C30H28N2O6S. The number of aromatic hydroxyl groups is 1. The lowest BCUT2D eigenvalue weighted by Gasteiger charge is -2.26. The lowest BCUT2D eigenvalue weighted by molar-refractivity contribution is -0.139. The third kappa shape index (κ3) is 4.70. The Bertz CT molecular complexity index is 1800. The van der Waals surface area contributed by atoms with Gasteiger partial charge in [0.2, 0.25) is 0 Å². The fraction of sp³-hybridized carbons (Fsp3) is 0.233. The smallest absolute Gasteiger partial charge is 0.338 e. The minimum Gasteiger partial charge on any atom is -0.504 e. The van der Waals surface area contributed by atoms with Crippen molar-refractivity contribution in [3.8, 4) is 17.2 Å². The van der Waals surface area contributed by atoms with E-state index in [0.717, 1.165) is 16.3 Å². The van der Waals surface area contributed by atoms with Crippen LogP contribution in [-0.2, 0) is 9.53 Å². The first-order valence-corrected chi connectivity index (χ1v) is 13.4. The monoisotopic (exact) mass is 544 g/mol. The molecule has 0 bridgehead atoms. The molecule has 200 valence electrons. The Kier molecular flexibility index (Phi) is 7.26. The van der Waals surface area contributed by atoms with E-state index < -0.39 is 12.0 Å². The third-order valence-corrected chi connectivity index (χ3v) is 7.51. The van der Waals surface area contributed by atoms with E-state index >= 15 is 0 Å². The first kappa shape index (κ1) is 26.2. The Balaban J connectivity index is 1.77. The van der Waals surface area contributed by atoms with Crippen molar-refractivity contribution in [1.29, 1.82) is 0 Å². The van der Waals surface area contributed by atoms with Crippen molar-refractivity contribution in [1.82, 2.24) is 4.57 Å². The number of fused-ring (bicyclic) bond motifs is 2. The van der Waals surface area contributed by atoms with Crippen LogP contribution in [0.25, 0.3) is 16.8 Å². The SMILES string of the molecule is CCOC(=O)C1=C(C)N=c2s/c(=C/c3ccc(O)c(OCC)c3)c(=O)n2[C@@H]1c1ccc(OC)c2ccccc12. The Morgan fingerprint density at radius 2 is 1.85 bits per heavy atom. The Morgan fingerprint density at radius 3 is 2.56 bits per heavy atom. The Hall–Kier alpha value is -4.37. The van der Waals surface area contributed by atoms with Gasteiger partial charge in [0.15, 0.2) is 16.3 Å². The number of hydrogen-bond donors (Lipinski definition) is 1. The summed E-state index contributed by atoms with van der Waals surface area (Å²) in [4.78, 5) is 32.4. The van der Waals surface area contributed by atoms with Gasteiger partial charge < -0.3 is 19.3 Å². The lowest BCUT2D eigenvalue weighted by atomic mass is 9.91. The Labute approximate surface area is 228 Å². The molecule has 0 saturated carbocycles. The number of carbonyl (C=O) groups is 1. The maximum Gasteiger partial charge on any atom is 0.338 e. The number of nitrogens with zero attached hydrogens (tertiary/aromatic N) is 2. The molecule has 3 aromatic carbocycles. The zero-order valence-corrected chi connectivity index (χ0v) is 22.9. The minimum atomic E-state index is -0.753. The molecule has 2 heterocycles. The normalized spacial score (nSPS) is 15.2. The number of aromatic nitrogens is 1. The van der Waals surface area contributed by atoms with E-state index in [0.29, 0.717) is 44.3 Å². The van der Waals surface area contributed by atoms with Crippen LogP contribution in [0.4, 0.5) is 0 Å². The molecule has 0 aliphatic carbocycles. The number of rotatable bonds is 7. The highest BCUT2D eigenvalue weighted by molar-refractivity contribution is 7.07. The predicted molar refractivity (Wildman–Crippen MR) is 150 cm³/mol. The summed E-state index contributed by atoms with van der Waals surface area (Å²) >= 11 is 1.24. The minimum absolute atomic E-state index is 0.0246. The fourth-order valence-electron chi connectivity index (χ4n) is 4.84. The quantitative estimate of drug-likeness (QED) is 0.352. The molecule has 0 amide bonds. The van der Waals surface area contributed by atoms with Gasteiger partial charge in [-0.2, -0.15) is 0 Å². The van der Waals surface area contributed by atoms with Crippen molar-refractivity contribution < 1.29 is 24.1 Å². The van der Waals surface area contributed by atoms with Crippen LogP contribution >= 0.6 is 11.3 Å². The maximum absolute atomic E-state index is 14.0. The van der Waals surface area contributed by atoms with E-state index in [1.165, 1.54) is 17.4 Å². The number of benzene rings is 3. The van der Waals surface area contributed by atoms with Crippen molar-refractivity contribution in [2.75, 3.05) is 20.3 Å². The topological polar surface area (TPSA) is 99.4 Å². The number of thiazole rings is 1. The summed E-state index contributed by atoms with van der Waals surface area (Å²) in [5.74, 6) is 0.536. The van der Waals surface area contributed by atoms with Gasteiger partial charge in [0, 0.05) is 5.39 Å². The van der Waals surface area contributed by atoms with E-state index in [4.69, 9.17) is 14.2 Å². The maximum atomic E-state index is 14.0. The van der Waals surface area contributed by atoms with Crippen LogP contribution in [0.5, 0.6) is 17.2 Å². The fourth-order valence-corrected chi connectivity index (χ4v) is 5.89. The average Bonchev–Trinajstić information content (AvgIpc) is 3.23. The van der Waals surface area contributed by atoms with Gasteiger partial charge in [0.05, 0.1) is 42.2 Å². The zero-order chi connectivity index (χ0) is 27.7. The number of esters is 1. The van der Waals surface area contributed by atoms with Gasteiger partial charge in [-0.25, -0.2) is 9.79 Å². The van der Waals surface area contributed by atoms with Crippen LogP contribution < -0.4 is 24.4 Å². The summed E-state index contributed by atoms with van der Waals surface area (Å²) < 4.78 is 18.5. The molecule has 9 heteroatoms. The van der Waals surface area contributed by atoms with Gasteiger partial charge in [0.25, 0.3) is 5.56 Å². The van der Waals surface area contributed by atoms with Gasteiger partial charge in [-0.15, -0.1) is 0 Å². The molecule has 5 rings (SSSR count). The second-order valence-corrected chi connectivity index (χ2v) is 9.87. The molecule has 1 atom stereocenters. The number of phenolic OH excluding ortho intramolecular Hbond substituents is 1. The Morgan fingerprint density at radius 1 is 1.08 bits per heavy atom. The molecule has 1 aliphatic rings. The molecule has 1 aromatic heterocycles. The molecule has 4 aromatic rings. The van der Waals surface area contributed by atoms with Gasteiger partial charge in [-0.05, 0) is 61.6 Å². The average molecular weight is 545 g/mol. The van der Waals surface area contributed by atoms with Gasteiger partial charge in [0.1, 0.15) is 5.75 Å². The van der Waals surface area contributed by atoms with Crippen molar-refractivity contribution in [2.45, 2.75) is 26.8 Å². The van der Waals surface area contributed by atoms with Crippen LogP contribution in [0.3, 0.4) is 0 Å². The first-order chi connectivity index (χ1) is 18.9. The molecular weight excluding hydrogens is 516 g/mol. The number of carbonyl (C=O) groups excluding carboxylic acids is 1. The van der Waals surface area contributed by atoms with E-state index in [-0.39, 0.29) is 17.9 Å².